The number of phenolic OH excluding ortho intramolecular Hbond substituents is 1. The van der Waals surface area contributed by atoms with Crippen LogP contribution in [0, 0.1) is 0 Å². The minimum atomic E-state index is -1.30. The van der Waals surface area contributed by atoms with Gasteiger partial charge in [-0.15, -0.1) is 0 Å². The van der Waals surface area contributed by atoms with Gasteiger partial charge in [-0.1, -0.05) is 75.4 Å². The fourth-order valence-corrected chi connectivity index (χ4v) is 4.61. The second-order valence-electron chi connectivity index (χ2n) is 10.0. The number of hydrogen-bond acceptors (Lipinski definition) is 5. The number of carbonyl (C=O) groups excluding carboxylic acids is 1. The van der Waals surface area contributed by atoms with Gasteiger partial charge in [0.25, 0.3) is 0 Å². The number of aromatic hydroxyl groups is 1. The molecule has 0 saturated heterocycles. The Morgan fingerprint density at radius 3 is 2.11 bits per heavy atom. The van der Waals surface area contributed by atoms with Gasteiger partial charge < -0.3 is 25.0 Å². The third kappa shape index (κ3) is 5.00. The summed E-state index contributed by atoms with van der Waals surface area (Å²) in [6.45, 7) is 6.09. The molecular formula is C29H31NO6. The van der Waals surface area contributed by atoms with Crippen LogP contribution in [0.15, 0.2) is 60.7 Å². The fourth-order valence-electron chi connectivity index (χ4n) is 4.61. The smallest absolute Gasteiger partial charge is 0.407 e. The number of benzene rings is 3. The number of carboxylic acids is 1. The van der Waals surface area contributed by atoms with E-state index in [1.165, 1.54) is 7.11 Å². The van der Waals surface area contributed by atoms with Crippen molar-refractivity contribution >= 4 is 12.1 Å². The molecule has 36 heavy (non-hydrogen) atoms. The molecule has 1 unspecified atom stereocenters. The van der Waals surface area contributed by atoms with Crippen molar-refractivity contribution in [3.05, 3.63) is 82.9 Å². The van der Waals surface area contributed by atoms with Gasteiger partial charge in [0.1, 0.15) is 12.6 Å². The van der Waals surface area contributed by atoms with Crippen molar-refractivity contribution in [2.75, 3.05) is 13.7 Å². The lowest BCUT2D eigenvalue weighted by atomic mass is 9.85. The molecule has 3 aromatic rings. The Labute approximate surface area is 210 Å². The topological polar surface area (TPSA) is 105 Å². The van der Waals surface area contributed by atoms with Gasteiger partial charge in [-0.3, -0.25) is 0 Å². The summed E-state index contributed by atoms with van der Waals surface area (Å²) in [6.07, 6.45) is -0.964. The van der Waals surface area contributed by atoms with Crippen LogP contribution in [0.4, 0.5) is 4.79 Å². The molecule has 0 bridgehead atoms. The number of carboxylic acid groups (broad SMARTS) is 1. The maximum absolute atomic E-state index is 12.7. The monoisotopic (exact) mass is 489 g/mol. The highest BCUT2D eigenvalue weighted by Crippen LogP contribution is 2.44. The van der Waals surface area contributed by atoms with E-state index in [1.807, 2.05) is 69.3 Å². The molecule has 1 atom stereocenters. The van der Waals surface area contributed by atoms with Crippen LogP contribution in [0.1, 0.15) is 48.9 Å². The van der Waals surface area contributed by atoms with Gasteiger partial charge in [0.2, 0.25) is 0 Å². The third-order valence-corrected chi connectivity index (χ3v) is 6.60. The zero-order valence-corrected chi connectivity index (χ0v) is 20.9. The lowest BCUT2D eigenvalue weighted by molar-refractivity contribution is -0.139. The summed E-state index contributed by atoms with van der Waals surface area (Å²) >= 11 is 0. The number of amides is 1. The number of aliphatic carboxylic acids is 1. The Balaban J connectivity index is 1.49. The molecule has 7 heteroatoms. The van der Waals surface area contributed by atoms with Crippen molar-refractivity contribution in [3.8, 4) is 22.6 Å². The van der Waals surface area contributed by atoms with Gasteiger partial charge >= 0.3 is 12.1 Å². The quantitative estimate of drug-likeness (QED) is 0.420. The summed E-state index contributed by atoms with van der Waals surface area (Å²) in [6, 6.07) is 18.1. The summed E-state index contributed by atoms with van der Waals surface area (Å²) in [7, 11) is 1.44. The number of carbonyl (C=O) groups is 2. The molecule has 0 aliphatic heterocycles. The normalized spacial score (nSPS) is 13.4. The van der Waals surface area contributed by atoms with Crippen molar-refractivity contribution in [1.82, 2.24) is 5.32 Å². The van der Waals surface area contributed by atoms with E-state index in [2.05, 4.69) is 5.32 Å². The lowest BCUT2D eigenvalue weighted by Gasteiger charge is -2.23. The van der Waals surface area contributed by atoms with Gasteiger partial charge in [0.15, 0.2) is 11.5 Å². The molecule has 0 aromatic heterocycles. The van der Waals surface area contributed by atoms with Crippen molar-refractivity contribution < 1.29 is 29.3 Å². The number of alkyl carbamates (subject to hydrolysis) is 1. The SMILES string of the molecule is COc1cc(C(C)(C)C)cc(CC(NC(=O)OCC2c3ccccc3-c3ccccc32)C(=O)O)c1O. The van der Waals surface area contributed by atoms with Crippen LogP contribution in [-0.4, -0.2) is 42.0 Å². The Bertz CT molecular complexity index is 1250. The first kappa shape index (κ1) is 25.1. The van der Waals surface area contributed by atoms with Crippen LogP contribution in [0.25, 0.3) is 11.1 Å². The summed E-state index contributed by atoms with van der Waals surface area (Å²) in [4.78, 5) is 24.7. The van der Waals surface area contributed by atoms with Crippen molar-refractivity contribution in [2.24, 2.45) is 0 Å². The average molecular weight is 490 g/mol. The Morgan fingerprint density at radius 2 is 1.58 bits per heavy atom. The van der Waals surface area contributed by atoms with Crippen molar-refractivity contribution in [3.63, 3.8) is 0 Å². The van der Waals surface area contributed by atoms with Gasteiger partial charge in [-0.25, -0.2) is 9.59 Å². The highest BCUT2D eigenvalue weighted by atomic mass is 16.5. The average Bonchev–Trinajstić information content (AvgIpc) is 3.16. The first-order valence-electron chi connectivity index (χ1n) is 11.8. The molecule has 7 nitrogen and oxygen atoms in total. The molecule has 188 valence electrons. The predicted octanol–water partition coefficient (Wildman–Crippen LogP) is 5.23. The van der Waals surface area contributed by atoms with E-state index in [0.29, 0.717) is 5.56 Å². The Morgan fingerprint density at radius 1 is 1.00 bits per heavy atom. The van der Waals surface area contributed by atoms with E-state index in [-0.39, 0.29) is 35.9 Å². The first-order chi connectivity index (χ1) is 17.1. The molecule has 0 saturated carbocycles. The molecule has 1 aliphatic rings. The molecule has 3 aromatic carbocycles. The minimum Gasteiger partial charge on any atom is -0.504 e. The van der Waals surface area contributed by atoms with Gasteiger partial charge in [0, 0.05) is 17.9 Å². The van der Waals surface area contributed by atoms with Crippen molar-refractivity contribution in [2.45, 2.75) is 44.6 Å². The molecule has 0 radical (unpaired) electrons. The molecule has 1 amide bonds. The molecule has 0 spiro atoms. The van der Waals surface area contributed by atoms with E-state index in [4.69, 9.17) is 9.47 Å². The summed E-state index contributed by atoms with van der Waals surface area (Å²) in [5.41, 5.74) is 5.33. The van der Waals surface area contributed by atoms with Crippen molar-refractivity contribution in [1.29, 1.82) is 0 Å². The number of nitrogens with one attached hydrogen (secondary N) is 1. The van der Waals surface area contributed by atoms with Gasteiger partial charge in [-0.05, 0) is 39.3 Å². The third-order valence-electron chi connectivity index (χ3n) is 6.60. The number of fused-ring (bicyclic) bond motifs is 3. The molecular weight excluding hydrogens is 458 g/mol. The number of ether oxygens (including phenoxy) is 2. The number of phenols is 1. The molecule has 3 N–H and O–H groups in total. The maximum atomic E-state index is 12.7. The summed E-state index contributed by atoms with van der Waals surface area (Å²) < 4.78 is 10.8. The van der Waals surface area contributed by atoms with Crippen LogP contribution < -0.4 is 10.1 Å². The standard InChI is InChI=1S/C29H31NO6/c1-29(2,3)18-13-17(26(31)25(15-18)35-4)14-24(27(32)33)30-28(34)36-16-23-21-11-7-5-9-19(21)20-10-6-8-12-22(20)23/h5-13,15,23-24,31H,14,16H2,1-4H3,(H,30,34)(H,32,33). The molecule has 0 fully saturated rings. The molecule has 4 rings (SSSR count). The number of methoxy groups -OCH3 is 1. The second kappa shape index (κ2) is 9.93. The van der Waals surface area contributed by atoms with Crippen LogP contribution in [0.3, 0.4) is 0 Å². The minimum absolute atomic E-state index is 0.0742. The van der Waals surface area contributed by atoms with E-state index < -0.39 is 18.1 Å². The second-order valence-corrected chi connectivity index (χ2v) is 10.0. The van der Waals surface area contributed by atoms with Crippen LogP contribution in [0.5, 0.6) is 11.5 Å². The Kier molecular flexibility index (Phi) is 6.93. The lowest BCUT2D eigenvalue weighted by Crippen LogP contribution is -2.43. The van der Waals surface area contributed by atoms with E-state index in [1.54, 1.807) is 12.1 Å². The Hall–Kier alpha value is -4.00. The van der Waals surface area contributed by atoms with E-state index >= 15 is 0 Å². The summed E-state index contributed by atoms with van der Waals surface area (Å²) in [5.74, 6) is -1.26. The van der Waals surface area contributed by atoms with E-state index in [9.17, 15) is 19.8 Å². The zero-order valence-electron chi connectivity index (χ0n) is 20.9. The predicted molar refractivity (Wildman–Crippen MR) is 137 cm³/mol. The zero-order chi connectivity index (χ0) is 26.0. The van der Waals surface area contributed by atoms with Crippen LogP contribution >= 0.6 is 0 Å². The molecule has 1 aliphatic carbocycles. The van der Waals surface area contributed by atoms with Crippen LogP contribution in [-0.2, 0) is 21.4 Å². The number of rotatable bonds is 7. The molecule has 0 heterocycles. The highest BCUT2D eigenvalue weighted by Gasteiger charge is 2.30. The summed E-state index contributed by atoms with van der Waals surface area (Å²) in [5, 5.41) is 22.8. The first-order valence-corrected chi connectivity index (χ1v) is 11.8. The largest absolute Gasteiger partial charge is 0.504 e. The number of hydrogen-bond donors (Lipinski definition) is 3. The highest BCUT2D eigenvalue weighted by molar-refractivity contribution is 5.81. The maximum Gasteiger partial charge on any atom is 0.407 e. The van der Waals surface area contributed by atoms with Gasteiger partial charge in [0.05, 0.1) is 7.11 Å². The fraction of sp³-hybridized carbons (Fsp3) is 0.310. The van der Waals surface area contributed by atoms with E-state index in [0.717, 1.165) is 27.8 Å². The van der Waals surface area contributed by atoms with Crippen LogP contribution in [0.2, 0.25) is 0 Å². The van der Waals surface area contributed by atoms with Gasteiger partial charge in [-0.2, -0.15) is 0 Å².